The topological polar surface area (TPSA) is 4.10 Å². The number of benzene rings is 2. The van der Waals surface area contributed by atoms with Crippen molar-refractivity contribution < 1.29 is 21.4 Å². The van der Waals surface area contributed by atoms with Gasteiger partial charge in [-0.2, -0.15) is 4.40 Å². The van der Waals surface area contributed by atoms with E-state index in [-0.39, 0.29) is 17.0 Å². The summed E-state index contributed by atoms with van der Waals surface area (Å²) in [5.41, 5.74) is 4.43. The van der Waals surface area contributed by atoms with E-state index in [2.05, 4.69) is 65.3 Å². The van der Waals surface area contributed by atoms with Crippen molar-refractivity contribution in [1.82, 2.24) is 0 Å². The van der Waals surface area contributed by atoms with Crippen LogP contribution in [0.2, 0.25) is 0 Å². The fourth-order valence-electron chi connectivity index (χ4n) is 3.71. The van der Waals surface area contributed by atoms with E-state index in [1.807, 2.05) is 0 Å². The largest absolute Gasteiger partial charge is 1.00 e. The van der Waals surface area contributed by atoms with Crippen LogP contribution in [0.1, 0.15) is 11.1 Å². The highest BCUT2D eigenvalue weighted by atomic mass is 79.9. The van der Waals surface area contributed by atoms with E-state index in [0.29, 0.717) is 0 Å². The molecule has 0 amide bonds. The minimum absolute atomic E-state index is 0. The summed E-state index contributed by atoms with van der Waals surface area (Å²) < 4.78 is 2.31. The number of aromatic nitrogens is 1. The first kappa shape index (κ1) is 12.8. The van der Waals surface area contributed by atoms with Crippen molar-refractivity contribution in [3.05, 3.63) is 72.1 Å². The molecule has 1 aliphatic rings. The minimum Gasteiger partial charge on any atom is -1.00 e. The summed E-state index contributed by atoms with van der Waals surface area (Å²) in [5.74, 6) is 0. The fourth-order valence-corrected chi connectivity index (χ4v) is 3.71. The van der Waals surface area contributed by atoms with E-state index in [9.17, 15) is 0 Å². The number of pyridine rings is 2. The third-order valence-electron chi connectivity index (χ3n) is 4.60. The molecule has 0 N–H and O–H groups in total. The molecule has 0 spiro atoms. The van der Waals surface area contributed by atoms with E-state index < -0.39 is 0 Å². The minimum atomic E-state index is 0. The summed E-state index contributed by atoms with van der Waals surface area (Å²) in [6.45, 7) is 0. The summed E-state index contributed by atoms with van der Waals surface area (Å²) in [4.78, 5) is 0. The lowest BCUT2D eigenvalue weighted by atomic mass is 9.99. The summed E-state index contributed by atoms with van der Waals surface area (Å²) in [6.07, 6.45) is 6.81. The third-order valence-corrected chi connectivity index (χ3v) is 4.60. The van der Waals surface area contributed by atoms with Crippen LogP contribution in [-0.4, -0.2) is 0 Å². The first-order valence-electron chi connectivity index (χ1n) is 7.18. The molecule has 21 heavy (non-hydrogen) atoms. The number of aryl methyl sites for hydroxylation is 2. The number of rotatable bonds is 0. The molecule has 2 heterocycles. The molecule has 2 aromatic heterocycles. The monoisotopic (exact) mass is 335 g/mol. The molecule has 0 unspecified atom stereocenters. The highest BCUT2D eigenvalue weighted by Gasteiger charge is 2.23. The van der Waals surface area contributed by atoms with Crippen LogP contribution in [0.15, 0.2) is 60.9 Å². The van der Waals surface area contributed by atoms with Crippen LogP contribution in [0.5, 0.6) is 0 Å². The van der Waals surface area contributed by atoms with Gasteiger partial charge < -0.3 is 17.0 Å². The van der Waals surface area contributed by atoms with Gasteiger partial charge in [-0.15, -0.1) is 0 Å². The van der Waals surface area contributed by atoms with E-state index in [4.69, 9.17) is 0 Å². The van der Waals surface area contributed by atoms with Crippen molar-refractivity contribution in [3.63, 3.8) is 0 Å². The van der Waals surface area contributed by atoms with Crippen LogP contribution < -0.4 is 21.4 Å². The van der Waals surface area contributed by atoms with Gasteiger partial charge in [-0.1, -0.05) is 36.4 Å². The molecule has 102 valence electrons. The van der Waals surface area contributed by atoms with Gasteiger partial charge in [0.05, 0.1) is 5.39 Å². The lowest BCUT2D eigenvalue weighted by Gasteiger charge is -2.05. The Bertz CT molecular complexity index is 1000. The lowest BCUT2D eigenvalue weighted by molar-refractivity contribution is -0.510. The van der Waals surface area contributed by atoms with Crippen LogP contribution in [-0.2, 0) is 12.8 Å². The highest BCUT2D eigenvalue weighted by Crippen LogP contribution is 2.32. The molecular weight excluding hydrogens is 322 g/mol. The Hall–Kier alpha value is -1.93. The second-order valence-corrected chi connectivity index (χ2v) is 5.64. The molecule has 0 bridgehead atoms. The smallest absolute Gasteiger partial charge is 0.217 e. The van der Waals surface area contributed by atoms with Crippen LogP contribution >= 0.6 is 0 Å². The Labute approximate surface area is 133 Å². The maximum atomic E-state index is 2.31. The number of fused-ring (bicyclic) bond motifs is 4. The Kier molecular flexibility index (Phi) is 2.76. The average molecular weight is 336 g/mol. The third kappa shape index (κ3) is 1.66. The van der Waals surface area contributed by atoms with Gasteiger partial charge in [0.25, 0.3) is 0 Å². The van der Waals surface area contributed by atoms with Gasteiger partial charge >= 0.3 is 0 Å². The average Bonchev–Trinajstić information content (AvgIpc) is 2.93. The van der Waals surface area contributed by atoms with Crippen molar-refractivity contribution >= 4 is 27.1 Å². The van der Waals surface area contributed by atoms with E-state index in [1.54, 1.807) is 0 Å². The van der Waals surface area contributed by atoms with Crippen LogP contribution in [0, 0.1) is 0 Å². The first-order valence-corrected chi connectivity index (χ1v) is 7.18. The SMILES string of the molecule is [Br-].c1ccc2c(c1)ccc1c3c4c(ccc[n+]4cc12)CC3. The first-order chi connectivity index (χ1) is 9.92. The molecule has 5 rings (SSSR count). The van der Waals surface area contributed by atoms with Crippen molar-refractivity contribution in [2.45, 2.75) is 12.8 Å². The summed E-state index contributed by atoms with van der Waals surface area (Å²) >= 11 is 0. The number of nitrogens with zero attached hydrogens (tertiary/aromatic N) is 1. The molecule has 2 aromatic carbocycles. The number of hydrogen-bond donors (Lipinski definition) is 0. The molecule has 1 aliphatic carbocycles. The summed E-state index contributed by atoms with van der Waals surface area (Å²) in [5, 5.41) is 5.47. The molecule has 0 fully saturated rings. The van der Waals surface area contributed by atoms with E-state index >= 15 is 0 Å². The molecule has 0 radical (unpaired) electrons. The van der Waals surface area contributed by atoms with Crippen molar-refractivity contribution in [2.75, 3.05) is 0 Å². The normalized spacial score (nSPS) is 13.0. The Morgan fingerprint density at radius 2 is 1.67 bits per heavy atom. The van der Waals surface area contributed by atoms with Gasteiger partial charge in [-0.05, 0) is 35.1 Å². The molecule has 1 nitrogen and oxygen atoms in total. The van der Waals surface area contributed by atoms with E-state index in [1.165, 1.54) is 51.0 Å². The predicted molar refractivity (Wildman–Crippen MR) is 82.0 cm³/mol. The van der Waals surface area contributed by atoms with E-state index in [0.717, 1.165) is 0 Å². The zero-order chi connectivity index (χ0) is 13.1. The molecular formula is C19H14BrN. The predicted octanol–water partition coefficient (Wildman–Crippen LogP) is 0.834. The summed E-state index contributed by atoms with van der Waals surface area (Å²) in [6, 6.07) is 17.6. The summed E-state index contributed by atoms with van der Waals surface area (Å²) in [7, 11) is 0. The van der Waals surface area contributed by atoms with Crippen LogP contribution in [0.4, 0.5) is 0 Å². The zero-order valence-electron chi connectivity index (χ0n) is 11.5. The van der Waals surface area contributed by atoms with Gasteiger partial charge in [0.15, 0.2) is 12.4 Å². The standard InChI is InChI=1S/C19H14N.BrH/c1-2-6-15-13(4-1)7-9-16-17-10-8-14-5-3-11-20(19(14)17)12-18(15)16;/h1-7,9,11-12H,8,10H2;1H/q+1;/p-1. The van der Waals surface area contributed by atoms with Gasteiger partial charge in [0.1, 0.15) is 0 Å². The van der Waals surface area contributed by atoms with Crippen LogP contribution in [0.25, 0.3) is 27.1 Å². The Morgan fingerprint density at radius 1 is 0.762 bits per heavy atom. The van der Waals surface area contributed by atoms with Gasteiger partial charge in [-0.25, -0.2) is 0 Å². The highest BCUT2D eigenvalue weighted by molar-refractivity contribution is 6.09. The van der Waals surface area contributed by atoms with Gasteiger partial charge in [0.2, 0.25) is 5.52 Å². The Morgan fingerprint density at radius 3 is 2.62 bits per heavy atom. The number of hydrogen-bond acceptors (Lipinski definition) is 0. The molecule has 2 heteroatoms. The molecule has 4 aromatic rings. The van der Waals surface area contributed by atoms with Crippen molar-refractivity contribution in [1.29, 1.82) is 0 Å². The van der Waals surface area contributed by atoms with Crippen molar-refractivity contribution in [3.8, 4) is 0 Å². The Balaban J connectivity index is 0.00000115. The maximum absolute atomic E-state index is 2.31. The van der Waals surface area contributed by atoms with Gasteiger partial charge in [-0.3, -0.25) is 0 Å². The molecule has 0 saturated heterocycles. The van der Waals surface area contributed by atoms with Gasteiger partial charge in [0, 0.05) is 17.2 Å². The van der Waals surface area contributed by atoms with Crippen LogP contribution in [0.3, 0.4) is 0 Å². The molecule has 0 saturated carbocycles. The quantitative estimate of drug-likeness (QED) is 0.255. The zero-order valence-corrected chi connectivity index (χ0v) is 13.1. The second kappa shape index (κ2) is 4.54. The van der Waals surface area contributed by atoms with Crippen molar-refractivity contribution in [2.24, 2.45) is 0 Å². The maximum Gasteiger partial charge on any atom is 0.217 e. The number of halogens is 1. The fraction of sp³-hybridized carbons (Fsp3) is 0.105. The molecule has 0 aliphatic heterocycles. The lowest BCUT2D eigenvalue weighted by Crippen LogP contribution is -3.00. The molecule has 0 atom stereocenters. The second-order valence-electron chi connectivity index (χ2n) is 5.64.